The van der Waals surface area contributed by atoms with Crippen LogP contribution in [0.4, 0.5) is 0 Å². The Morgan fingerprint density at radius 2 is 2.14 bits per heavy atom. The summed E-state index contributed by atoms with van der Waals surface area (Å²) in [6.07, 6.45) is 0.949. The Bertz CT molecular complexity index is 336. The van der Waals surface area contributed by atoms with E-state index in [2.05, 4.69) is 4.74 Å². The van der Waals surface area contributed by atoms with Crippen molar-refractivity contribution in [1.29, 1.82) is 0 Å². The first-order valence-electron chi connectivity index (χ1n) is 4.18. The SMILES string of the molecule is NCOC(=O)c1ccccc1CC=O. The number of esters is 1. The lowest BCUT2D eigenvalue weighted by Crippen LogP contribution is -2.14. The fourth-order valence-corrected chi connectivity index (χ4v) is 1.14. The molecule has 1 aromatic carbocycles. The highest BCUT2D eigenvalue weighted by Gasteiger charge is 2.10. The Kier molecular flexibility index (Phi) is 3.82. The zero-order valence-electron chi connectivity index (χ0n) is 7.60. The molecule has 0 radical (unpaired) electrons. The van der Waals surface area contributed by atoms with Gasteiger partial charge in [0.25, 0.3) is 0 Å². The van der Waals surface area contributed by atoms with Gasteiger partial charge in [-0.3, -0.25) is 5.73 Å². The van der Waals surface area contributed by atoms with Gasteiger partial charge in [-0.2, -0.15) is 0 Å². The Morgan fingerprint density at radius 1 is 1.43 bits per heavy atom. The van der Waals surface area contributed by atoms with Gasteiger partial charge in [-0.1, -0.05) is 18.2 Å². The molecule has 1 aromatic rings. The standard InChI is InChI=1S/C10H11NO3/c11-7-14-10(13)9-4-2-1-3-8(9)5-6-12/h1-4,6H,5,7,11H2. The summed E-state index contributed by atoms with van der Waals surface area (Å²) in [5, 5.41) is 0. The zero-order chi connectivity index (χ0) is 10.4. The molecule has 14 heavy (non-hydrogen) atoms. The largest absolute Gasteiger partial charge is 0.446 e. The first-order valence-corrected chi connectivity index (χ1v) is 4.18. The minimum atomic E-state index is -0.495. The molecule has 0 spiro atoms. The van der Waals surface area contributed by atoms with Crippen LogP contribution in [0.2, 0.25) is 0 Å². The van der Waals surface area contributed by atoms with Crippen molar-refractivity contribution < 1.29 is 14.3 Å². The summed E-state index contributed by atoms with van der Waals surface area (Å²) in [4.78, 5) is 21.7. The minimum absolute atomic E-state index is 0.158. The predicted octanol–water partition coefficient (Wildman–Crippen LogP) is 0.501. The second-order valence-electron chi connectivity index (χ2n) is 2.63. The number of nitrogens with two attached hydrogens (primary N) is 1. The van der Waals surface area contributed by atoms with Crippen LogP contribution in [0.15, 0.2) is 24.3 Å². The Hall–Kier alpha value is -1.68. The van der Waals surface area contributed by atoms with Gasteiger partial charge in [-0.15, -0.1) is 0 Å². The summed E-state index contributed by atoms with van der Waals surface area (Å²) in [5.74, 6) is -0.495. The summed E-state index contributed by atoms with van der Waals surface area (Å²) in [6.45, 7) is -0.158. The van der Waals surface area contributed by atoms with Crippen LogP contribution in [-0.4, -0.2) is 19.0 Å². The average Bonchev–Trinajstić information content (AvgIpc) is 2.19. The van der Waals surface area contributed by atoms with E-state index in [1.54, 1.807) is 24.3 Å². The lowest BCUT2D eigenvalue weighted by molar-refractivity contribution is -0.107. The molecule has 0 aliphatic rings. The van der Waals surface area contributed by atoms with E-state index in [4.69, 9.17) is 5.73 Å². The molecule has 4 heteroatoms. The van der Waals surface area contributed by atoms with Crippen LogP contribution in [0.1, 0.15) is 15.9 Å². The molecule has 4 nitrogen and oxygen atoms in total. The molecule has 1 rings (SSSR count). The van der Waals surface area contributed by atoms with Crippen molar-refractivity contribution in [1.82, 2.24) is 0 Å². The summed E-state index contributed by atoms with van der Waals surface area (Å²) in [6, 6.07) is 6.79. The van der Waals surface area contributed by atoms with Crippen molar-refractivity contribution in [3.63, 3.8) is 0 Å². The monoisotopic (exact) mass is 193 g/mol. The molecule has 0 bridgehead atoms. The third kappa shape index (κ3) is 2.40. The van der Waals surface area contributed by atoms with E-state index in [1.807, 2.05) is 0 Å². The van der Waals surface area contributed by atoms with Crippen LogP contribution in [0.25, 0.3) is 0 Å². The zero-order valence-corrected chi connectivity index (χ0v) is 7.60. The van der Waals surface area contributed by atoms with Gasteiger partial charge < -0.3 is 9.53 Å². The maximum Gasteiger partial charge on any atom is 0.339 e. The smallest absolute Gasteiger partial charge is 0.339 e. The van der Waals surface area contributed by atoms with Crippen molar-refractivity contribution in [2.45, 2.75) is 6.42 Å². The number of carbonyl (C=O) groups excluding carboxylic acids is 2. The Labute approximate surface area is 81.7 Å². The molecule has 0 amide bonds. The molecule has 74 valence electrons. The lowest BCUT2D eigenvalue weighted by Gasteiger charge is -2.05. The normalized spacial score (nSPS) is 9.50. The fourth-order valence-electron chi connectivity index (χ4n) is 1.14. The van der Waals surface area contributed by atoms with E-state index in [-0.39, 0.29) is 13.2 Å². The molecule has 0 saturated carbocycles. The van der Waals surface area contributed by atoms with E-state index in [0.717, 1.165) is 6.29 Å². The summed E-state index contributed by atoms with van der Waals surface area (Å²) >= 11 is 0. The second kappa shape index (κ2) is 5.14. The molecule has 2 N–H and O–H groups in total. The van der Waals surface area contributed by atoms with Crippen molar-refractivity contribution >= 4 is 12.3 Å². The predicted molar refractivity (Wildman–Crippen MR) is 50.7 cm³/mol. The van der Waals surface area contributed by atoms with E-state index < -0.39 is 5.97 Å². The molecule has 0 heterocycles. The molecule has 0 aromatic heterocycles. The average molecular weight is 193 g/mol. The molecule has 0 saturated heterocycles. The van der Waals surface area contributed by atoms with E-state index in [9.17, 15) is 9.59 Å². The third-order valence-electron chi connectivity index (χ3n) is 1.75. The summed E-state index contributed by atoms with van der Waals surface area (Å²) in [5.41, 5.74) is 6.13. The van der Waals surface area contributed by atoms with Crippen molar-refractivity contribution in [2.75, 3.05) is 6.73 Å². The number of hydrogen-bond acceptors (Lipinski definition) is 4. The quantitative estimate of drug-likeness (QED) is 0.429. The molecule has 0 atom stereocenters. The first-order chi connectivity index (χ1) is 6.79. The minimum Gasteiger partial charge on any atom is -0.446 e. The number of rotatable bonds is 4. The van der Waals surface area contributed by atoms with Gasteiger partial charge in [-0.05, 0) is 11.6 Å². The Balaban J connectivity index is 2.93. The highest BCUT2D eigenvalue weighted by molar-refractivity contribution is 5.91. The molecular formula is C10H11NO3. The topological polar surface area (TPSA) is 69.4 Å². The lowest BCUT2D eigenvalue weighted by atomic mass is 10.1. The number of carbonyl (C=O) groups is 2. The molecule has 0 fully saturated rings. The number of hydrogen-bond donors (Lipinski definition) is 1. The highest BCUT2D eigenvalue weighted by Crippen LogP contribution is 2.09. The van der Waals surface area contributed by atoms with Crippen LogP contribution < -0.4 is 5.73 Å². The van der Waals surface area contributed by atoms with Crippen LogP contribution in [0.5, 0.6) is 0 Å². The number of benzene rings is 1. The molecular weight excluding hydrogens is 182 g/mol. The van der Waals surface area contributed by atoms with Crippen LogP contribution in [0.3, 0.4) is 0 Å². The van der Waals surface area contributed by atoms with Crippen molar-refractivity contribution in [3.8, 4) is 0 Å². The van der Waals surface area contributed by atoms with E-state index in [1.165, 1.54) is 0 Å². The second-order valence-corrected chi connectivity index (χ2v) is 2.63. The van der Waals surface area contributed by atoms with Crippen LogP contribution in [-0.2, 0) is 16.0 Å². The Morgan fingerprint density at radius 3 is 2.79 bits per heavy atom. The van der Waals surface area contributed by atoms with Crippen LogP contribution >= 0.6 is 0 Å². The number of aldehydes is 1. The van der Waals surface area contributed by atoms with E-state index >= 15 is 0 Å². The number of ether oxygens (including phenoxy) is 1. The van der Waals surface area contributed by atoms with Gasteiger partial charge in [0, 0.05) is 6.42 Å². The summed E-state index contributed by atoms with van der Waals surface area (Å²) < 4.78 is 4.64. The highest BCUT2D eigenvalue weighted by atomic mass is 16.5. The van der Waals surface area contributed by atoms with Crippen molar-refractivity contribution in [3.05, 3.63) is 35.4 Å². The first kappa shape index (κ1) is 10.4. The molecule has 0 aliphatic heterocycles. The maximum absolute atomic E-state index is 11.3. The maximum atomic E-state index is 11.3. The van der Waals surface area contributed by atoms with Gasteiger partial charge >= 0.3 is 5.97 Å². The van der Waals surface area contributed by atoms with Gasteiger partial charge in [0.1, 0.15) is 13.0 Å². The van der Waals surface area contributed by atoms with Gasteiger partial charge in [0.2, 0.25) is 0 Å². The molecule has 0 aliphatic carbocycles. The van der Waals surface area contributed by atoms with Gasteiger partial charge in [0.15, 0.2) is 0 Å². The van der Waals surface area contributed by atoms with E-state index in [0.29, 0.717) is 11.1 Å². The van der Waals surface area contributed by atoms with Gasteiger partial charge in [0.05, 0.1) is 5.56 Å². The fraction of sp³-hybridized carbons (Fsp3) is 0.200. The molecule has 0 unspecified atom stereocenters. The third-order valence-corrected chi connectivity index (χ3v) is 1.75. The van der Waals surface area contributed by atoms with Crippen LogP contribution in [0, 0.1) is 0 Å². The van der Waals surface area contributed by atoms with Crippen molar-refractivity contribution in [2.24, 2.45) is 5.73 Å². The summed E-state index contributed by atoms with van der Waals surface area (Å²) in [7, 11) is 0. The van der Waals surface area contributed by atoms with Gasteiger partial charge in [-0.25, -0.2) is 4.79 Å².